The molecule has 3 aromatic heterocycles. The first kappa shape index (κ1) is 19.3. The number of likely N-dealkylation sites (tertiary alicyclic amines) is 1. The lowest BCUT2D eigenvalue weighted by atomic mass is 9.89. The molecule has 2 N–H and O–H groups in total. The van der Waals surface area contributed by atoms with Crippen LogP contribution in [0.25, 0.3) is 16.5 Å². The molecule has 0 bridgehead atoms. The van der Waals surface area contributed by atoms with Crippen LogP contribution in [0, 0.1) is 18.8 Å². The molecule has 0 spiro atoms. The molecule has 1 aliphatic rings. The van der Waals surface area contributed by atoms with Gasteiger partial charge < -0.3 is 14.4 Å². The Morgan fingerprint density at radius 2 is 1.90 bits per heavy atom. The number of hydrogen-bond donors (Lipinski definition) is 2. The van der Waals surface area contributed by atoms with Gasteiger partial charge in [0, 0.05) is 17.4 Å². The van der Waals surface area contributed by atoms with Crippen LogP contribution in [-0.2, 0) is 0 Å². The molecule has 4 atom stereocenters. The first-order chi connectivity index (χ1) is 14.5. The molecule has 156 valence electrons. The van der Waals surface area contributed by atoms with Crippen LogP contribution >= 0.6 is 11.3 Å². The molecule has 4 aromatic rings. The van der Waals surface area contributed by atoms with Crippen LogP contribution in [-0.4, -0.2) is 32.8 Å². The van der Waals surface area contributed by atoms with Crippen molar-refractivity contribution >= 4 is 16.3 Å². The summed E-state index contributed by atoms with van der Waals surface area (Å²) in [6.07, 6.45) is 2.86. The second-order valence-electron chi connectivity index (χ2n) is 8.75. The van der Waals surface area contributed by atoms with Crippen LogP contribution < -0.4 is 4.90 Å². The number of fused-ring (bicyclic) bond motifs is 1. The first-order valence-electron chi connectivity index (χ1n) is 10.5. The second-order valence-corrected chi connectivity index (χ2v) is 9.76. The number of aromatic hydroxyl groups is 1. The molecule has 1 unspecified atom stereocenters. The van der Waals surface area contributed by atoms with Crippen LogP contribution in [0.3, 0.4) is 0 Å². The van der Waals surface area contributed by atoms with Crippen LogP contribution in [0.5, 0.6) is 5.88 Å². The van der Waals surface area contributed by atoms with Gasteiger partial charge in [0.1, 0.15) is 4.88 Å². The summed E-state index contributed by atoms with van der Waals surface area (Å²) in [7, 11) is 0. The highest BCUT2D eigenvalue weighted by atomic mass is 32.1. The van der Waals surface area contributed by atoms with E-state index >= 15 is 0 Å². The predicted molar refractivity (Wildman–Crippen MR) is 117 cm³/mol. The van der Waals surface area contributed by atoms with Crippen molar-refractivity contribution in [3.8, 4) is 17.5 Å². The van der Waals surface area contributed by atoms with Gasteiger partial charge in [-0.1, -0.05) is 55.0 Å². The molecule has 4 heterocycles. The maximum Gasteiger partial charge on any atom is 0.235 e. The highest BCUT2D eigenvalue weighted by Gasteiger charge is 2.37. The summed E-state index contributed by atoms with van der Waals surface area (Å²) in [5.41, 5.74) is 2.46. The molecule has 1 aliphatic heterocycles. The van der Waals surface area contributed by atoms with Gasteiger partial charge in [-0.05, 0) is 25.5 Å². The standard InChI is InChI=1S/C23H26N4O2S/c1-14-6-8-17(9-7-14)19(26-12-15(2)11-16(3)13-26)20-22(28)27-23(30-20)24-21(25-27)18-5-4-10-29-18/h4-10,15-16,19,28H,11-13H2,1-3H3/p+1/t15-,16+,19-/m0/s1. The lowest BCUT2D eigenvalue weighted by molar-refractivity contribution is -0.936. The normalized spacial score (nSPS) is 23.1. The monoisotopic (exact) mass is 423 g/mol. The summed E-state index contributed by atoms with van der Waals surface area (Å²) in [5.74, 6) is 2.60. The Morgan fingerprint density at radius 1 is 1.17 bits per heavy atom. The van der Waals surface area contributed by atoms with Gasteiger partial charge in [-0.15, -0.1) is 5.10 Å². The van der Waals surface area contributed by atoms with E-state index < -0.39 is 0 Å². The summed E-state index contributed by atoms with van der Waals surface area (Å²) in [5, 5.41) is 15.7. The Labute approximate surface area is 179 Å². The number of aromatic nitrogens is 3. The molecule has 1 fully saturated rings. The van der Waals surface area contributed by atoms with Crippen molar-refractivity contribution in [1.82, 2.24) is 14.6 Å². The van der Waals surface area contributed by atoms with Crippen molar-refractivity contribution in [3.63, 3.8) is 0 Å². The average molecular weight is 424 g/mol. The van der Waals surface area contributed by atoms with Gasteiger partial charge >= 0.3 is 0 Å². The number of piperidine rings is 1. The van der Waals surface area contributed by atoms with Crippen LogP contribution in [0.15, 0.2) is 47.1 Å². The summed E-state index contributed by atoms with van der Waals surface area (Å²) in [6, 6.07) is 12.4. The number of rotatable bonds is 4. The maximum absolute atomic E-state index is 11.2. The van der Waals surface area contributed by atoms with E-state index in [-0.39, 0.29) is 11.9 Å². The molecule has 0 saturated carbocycles. The minimum Gasteiger partial charge on any atom is -0.492 e. The molecule has 5 rings (SSSR count). The summed E-state index contributed by atoms with van der Waals surface area (Å²) >= 11 is 1.52. The summed E-state index contributed by atoms with van der Waals surface area (Å²) in [4.78, 5) is 7.72. The molecule has 6 nitrogen and oxygen atoms in total. The van der Waals surface area contributed by atoms with Crippen molar-refractivity contribution in [2.45, 2.75) is 33.2 Å². The summed E-state index contributed by atoms with van der Waals surface area (Å²) in [6.45, 7) is 8.95. The number of aryl methyl sites for hydroxylation is 1. The topological polar surface area (TPSA) is 68.0 Å². The third-order valence-electron chi connectivity index (χ3n) is 6.05. The fourth-order valence-corrected chi connectivity index (χ4v) is 5.99. The Hall–Kier alpha value is -2.64. The van der Waals surface area contributed by atoms with E-state index in [4.69, 9.17) is 4.42 Å². The zero-order chi connectivity index (χ0) is 20.8. The fraction of sp³-hybridized carbons (Fsp3) is 0.391. The maximum atomic E-state index is 11.2. The molecular weight excluding hydrogens is 396 g/mol. The zero-order valence-corrected chi connectivity index (χ0v) is 18.3. The van der Waals surface area contributed by atoms with Crippen molar-refractivity contribution in [3.05, 3.63) is 58.7 Å². The van der Waals surface area contributed by atoms with Crippen molar-refractivity contribution in [1.29, 1.82) is 0 Å². The van der Waals surface area contributed by atoms with Crippen LogP contribution in [0.1, 0.15) is 42.3 Å². The lowest BCUT2D eigenvalue weighted by Crippen LogP contribution is -3.14. The molecule has 0 amide bonds. The van der Waals surface area contributed by atoms with E-state index in [9.17, 15) is 5.11 Å². The highest BCUT2D eigenvalue weighted by molar-refractivity contribution is 7.17. The van der Waals surface area contributed by atoms with Gasteiger partial charge in [0.15, 0.2) is 11.8 Å². The Kier molecular flexibility index (Phi) is 4.87. The van der Waals surface area contributed by atoms with E-state index in [0.29, 0.717) is 28.4 Å². The van der Waals surface area contributed by atoms with Crippen molar-refractivity contribution in [2.24, 2.45) is 11.8 Å². The molecule has 0 aliphatic carbocycles. The van der Waals surface area contributed by atoms with E-state index in [0.717, 1.165) is 18.0 Å². The van der Waals surface area contributed by atoms with Crippen LogP contribution in [0.2, 0.25) is 0 Å². The van der Waals surface area contributed by atoms with Gasteiger partial charge in [-0.25, -0.2) is 0 Å². The van der Waals surface area contributed by atoms with E-state index in [1.807, 2.05) is 12.1 Å². The highest BCUT2D eigenvalue weighted by Crippen LogP contribution is 2.36. The first-order valence-corrected chi connectivity index (χ1v) is 11.3. The van der Waals surface area contributed by atoms with Gasteiger partial charge in [-0.2, -0.15) is 9.50 Å². The van der Waals surface area contributed by atoms with E-state index in [1.54, 1.807) is 10.8 Å². The number of nitrogens with zero attached hydrogens (tertiary/aromatic N) is 3. The number of thiazole rings is 1. The number of nitrogens with one attached hydrogen (secondary N) is 1. The van der Waals surface area contributed by atoms with Crippen molar-refractivity contribution < 1.29 is 14.4 Å². The minimum absolute atomic E-state index is 0.0661. The van der Waals surface area contributed by atoms with Crippen molar-refractivity contribution in [2.75, 3.05) is 13.1 Å². The molecule has 0 radical (unpaired) electrons. The minimum atomic E-state index is 0.0661. The third-order valence-corrected chi connectivity index (χ3v) is 7.13. The van der Waals surface area contributed by atoms with Gasteiger partial charge in [-0.3, -0.25) is 0 Å². The lowest BCUT2D eigenvalue weighted by Gasteiger charge is -2.37. The summed E-state index contributed by atoms with van der Waals surface area (Å²) < 4.78 is 6.97. The molecule has 30 heavy (non-hydrogen) atoms. The van der Waals surface area contributed by atoms with Gasteiger partial charge in [0.25, 0.3) is 0 Å². The third kappa shape index (κ3) is 3.42. The number of hydrogen-bond acceptors (Lipinski definition) is 5. The van der Waals surface area contributed by atoms with Gasteiger partial charge in [0.2, 0.25) is 16.7 Å². The smallest absolute Gasteiger partial charge is 0.235 e. The van der Waals surface area contributed by atoms with Gasteiger partial charge in [0.05, 0.1) is 19.4 Å². The molecule has 1 saturated heterocycles. The van der Waals surface area contributed by atoms with E-state index in [2.05, 4.69) is 55.1 Å². The number of furan rings is 1. The molecule has 7 heteroatoms. The number of benzene rings is 1. The molecule has 1 aromatic carbocycles. The largest absolute Gasteiger partial charge is 0.492 e. The Balaban J connectivity index is 1.60. The quantitative estimate of drug-likeness (QED) is 0.525. The SMILES string of the molecule is Cc1ccc([C@@H](c2sc3nc(-c4ccco4)nn3c2O)[NH+]2C[C@H](C)C[C@H](C)C2)cc1. The van der Waals surface area contributed by atoms with Crippen LogP contribution in [0.4, 0.5) is 0 Å². The zero-order valence-electron chi connectivity index (χ0n) is 17.5. The average Bonchev–Trinajstić information content (AvgIpc) is 3.42. The Morgan fingerprint density at radius 3 is 2.53 bits per heavy atom. The molecular formula is C23H27N4O2S+. The predicted octanol–water partition coefficient (Wildman–Crippen LogP) is 3.72. The Bertz CT molecular complexity index is 1140. The fourth-order valence-electron chi connectivity index (χ4n) is 4.85. The number of quaternary nitrogens is 1. The van der Waals surface area contributed by atoms with E-state index in [1.165, 1.54) is 33.8 Å². The second kappa shape index (κ2) is 7.56.